The lowest BCUT2D eigenvalue weighted by Crippen LogP contribution is -2.42. The van der Waals surface area contributed by atoms with Crippen LogP contribution in [0.4, 0.5) is 5.69 Å². The minimum Gasteiger partial charge on any atom is -0.363 e. The van der Waals surface area contributed by atoms with Crippen LogP contribution in [0.25, 0.3) is 0 Å². The molecule has 2 aromatic carbocycles. The van der Waals surface area contributed by atoms with Crippen LogP contribution in [-0.2, 0) is 6.42 Å². The van der Waals surface area contributed by atoms with Gasteiger partial charge < -0.3 is 26.2 Å². The Balaban J connectivity index is 1.50. The number of aliphatic imine (C=N–C) groups is 1. The van der Waals surface area contributed by atoms with Crippen molar-refractivity contribution < 1.29 is 4.79 Å². The highest BCUT2D eigenvalue weighted by Gasteiger charge is 2.38. The Morgan fingerprint density at radius 1 is 1.12 bits per heavy atom. The average molecular weight is 445 g/mol. The van der Waals surface area contributed by atoms with Crippen LogP contribution in [0, 0.1) is 0 Å². The number of nitrogens with zero attached hydrogens (tertiary/aromatic N) is 2. The van der Waals surface area contributed by atoms with Gasteiger partial charge in [-0.15, -0.1) is 0 Å². The zero-order valence-corrected chi connectivity index (χ0v) is 19.5. The summed E-state index contributed by atoms with van der Waals surface area (Å²) in [5, 5.41) is 13.2. The number of carbonyl (C=O) groups excluding carboxylic acids is 1. The van der Waals surface area contributed by atoms with E-state index in [1.54, 1.807) is 6.34 Å². The Labute approximate surface area is 195 Å². The fourth-order valence-corrected chi connectivity index (χ4v) is 4.12. The maximum Gasteiger partial charge on any atom is 0.251 e. The first kappa shape index (κ1) is 22.6. The Kier molecular flexibility index (Phi) is 6.79. The van der Waals surface area contributed by atoms with Gasteiger partial charge in [-0.05, 0) is 69.7 Å². The monoisotopic (exact) mass is 444 g/mol. The van der Waals surface area contributed by atoms with E-state index in [0.717, 1.165) is 36.5 Å². The van der Waals surface area contributed by atoms with Gasteiger partial charge in [0.25, 0.3) is 5.91 Å². The lowest BCUT2D eigenvalue weighted by molar-refractivity contribution is 0.0952. The molecule has 0 saturated heterocycles. The van der Waals surface area contributed by atoms with E-state index in [4.69, 9.17) is 0 Å². The topological polar surface area (TPSA) is 80.8 Å². The third-order valence-corrected chi connectivity index (χ3v) is 5.82. The molecule has 2 heterocycles. The number of rotatable bonds is 9. The van der Waals surface area contributed by atoms with Gasteiger partial charge in [0.2, 0.25) is 0 Å². The molecule has 2 aliphatic heterocycles. The third kappa shape index (κ3) is 5.43. The van der Waals surface area contributed by atoms with Crippen molar-refractivity contribution in [2.75, 3.05) is 32.5 Å². The Morgan fingerprint density at radius 2 is 1.94 bits per heavy atom. The molecule has 4 N–H and O–H groups in total. The Bertz CT molecular complexity index is 1090. The quantitative estimate of drug-likeness (QED) is 0.447. The second-order valence-corrected chi connectivity index (χ2v) is 8.82. The van der Waals surface area contributed by atoms with Crippen LogP contribution >= 0.6 is 0 Å². The van der Waals surface area contributed by atoms with E-state index in [2.05, 4.69) is 62.3 Å². The number of benzene rings is 2. The minimum absolute atomic E-state index is 0.0646. The van der Waals surface area contributed by atoms with Gasteiger partial charge in [0.05, 0.1) is 6.34 Å². The molecule has 0 saturated carbocycles. The first-order chi connectivity index (χ1) is 15.9. The summed E-state index contributed by atoms with van der Waals surface area (Å²) in [7, 11) is 4.06. The van der Waals surface area contributed by atoms with Crippen LogP contribution in [0.3, 0.4) is 0 Å². The van der Waals surface area contributed by atoms with Gasteiger partial charge >= 0.3 is 0 Å². The normalized spacial score (nSPS) is 19.0. The maximum atomic E-state index is 12.6. The first-order valence-electron chi connectivity index (χ1n) is 11.3. The molecule has 0 aliphatic carbocycles. The average Bonchev–Trinajstić information content (AvgIpc) is 3.14. The van der Waals surface area contributed by atoms with Gasteiger partial charge in [-0.3, -0.25) is 4.79 Å². The van der Waals surface area contributed by atoms with Gasteiger partial charge in [-0.1, -0.05) is 36.4 Å². The number of nitrogens with one attached hydrogen (secondary N) is 4. The molecule has 0 radical (unpaired) electrons. The summed E-state index contributed by atoms with van der Waals surface area (Å²) in [5.41, 5.74) is 4.43. The molecule has 1 unspecified atom stereocenters. The van der Waals surface area contributed by atoms with Crippen LogP contribution in [0.5, 0.6) is 0 Å². The van der Waals surface area contributed by atoms with Gasteiger partial charge in [0.15, 0.2) is 5.66 Å². The molecule has 0 spiro atoms. The van der Waals surface area contributed by atoms with E-state index >= 15 is 0 Å². The van der Waals surface area contributed by atoms with Crippen LogP contribution in [-0.4, -0.2) is 50.0 Å². The molecule has 7 heteroatoms. The summed E-state index contributed by atoms with van der Waals surface area (Å²) in [6.45, 7) is 3.66. The summed E-state index contributed by atoms with van der Waals surface area (Å²) in [6.07, 6.45) is 5.47. The summed E-state index contributed by atoms with van der Waals surface area (Å²) in [4.78, 5) is 19.4. The predicted molar refractivity (Wildman–Crippen MR) is 134 cm³/mol. The number of fused-ring (bicyclic) bond motifs is 1. The number of amides is 1. The highest BCUT2D eigenvalue weighted by atomic mass is 16.1. The van der Waals surface area contributed by atoms with E-state index in [1.165, 1.54) is 11.1 Å². The zero-order valence-electron chi connectivity index (χ0n) is 19.5. The van der Waals surface area contributed by atoms with Crippen LogP contribution in [0.15, 0.2) is 82.8 Å². The molecule has 0 aromatic heterocycles. The molecule has 33 heavy (non-hydrogen) atoms. The Morgan fingerprint density at radius 3 is 2.73 bits per heavy atom. The van der Waals surface area contributed by atoms with Crippen molar-refractivity contribution in [3.63, 3.8) is 0 Å². The molecule has 172 valence electrons. The second-order valence-electron chi connectivity index (χ2n) is 8.82. The molecule has 7 nitrogen and oxygen atoms in total. The van der Waals surface area contributed by atoms with E-state index in [-0.39, 0.29) is 5.91 Å². The smallest absolute Gasteiger partial charge is 0.251 e. The van der Waals surface area contributed by atoms with E-state index < -0.39 is 5.66 Å². The fraction of sp³-hybridized carbons (Fsp3) is 0.308. The summed E-state index contributed by atoms with van der Waals surface area (Å²) < 4.78 is 0. The molecule has 0 fully saturated rings. The van der Waals surface area contributed by atoms with Crippen molar-refractivity contribution in [1.29, 1.82) is 0 Å². The van der Waals surface area contributed by atoms with E-state index in [1.807, 2.05) is 50.6 Å². The van der Waals surface area contributed by atoms with Crippen LogP contribution in [0.2, 0.25) is 0 Å². The minimum atomic E-state index is -0.529. The molecular weight excluding hydrogens is 412 g/mol. The fourth-order valence-electron chi connectivity index (χ4n) is 4.12. The predicted octanol–water partition coefficient (Wildman–Crippen LogP) is 3.07. The second kappa shape index (κ2) is 9.92. The largest absolute Gasteiger partial charge is 0.363 e. The molecule has 1 atom stereocenters. The first-order valence-corrected chi connectivity index (χ1v) is 11.3. The molecule has 2 aliphatic rings. The molecule has 4 rings (SSSR count). The van der Waals surface area contributed by atoms with Crippen LogP contribution in [0.1, 0.15) is 29.3 Å². The maximum absolute atomic E-state index is 12.6. The van der Waals surface area contributed by atoms with Crippen molar-refractivity contribution in [1.82, 2.24) is 20.9 Å². The highest BCUT2D eigenvalue weighted by molar-refractivity contribution is 5.95. The number of hydrogen-bond acceptors (Lipinski definition) is 6. The summed E-state index contributed by atoms with van der Waals surface area (Å²) in [5.74, 6) is 0.800. The summed E-state index contributed by atoms with van der Waals surface area (Å²) in [6, 6.07) is 18.0. The summed E-state index contributed by atoms with van der Waals surface area (Å²) >= 11 is 0. The lowest BCUT2D eigenvalue weighted by atomic mass is 9.92. The van der Waals surface area contributed by atoms with E-state index in [0.29, 0.717) is 12.1 Å². The standard InChI is InChI=1S/C26H32N6O/c1-26-23(21(17-29-26)15-19-9-5-4-6-10-19)24(28-18-30-26)31-22-12-7-11-20(16-22)25(33)27-13-8-14-32(2)3/h4-7,9-12,16-18,29,31H,8,13-15H2,1-3H3,(H,27,33)(H,28,30). The number of carbonyl (C=O) groups is 1. The van der Waals surface area contributed by atoms with Crippen molar-refractivity contribution in [2.45, 2.75) is 25.4 Å². The van der Waals surface area contributed by atoms with Gasteiger partial charge in [-0.25, -0.2) is 4.99 Å². The highest BCUT2D eigenvalue weighted by Crippen LogP contribution is 2.36. The Hall–Kier alpha value is -3.58. The molecule has 1 amide bonds. The van der Waals surface area contributed by atoms with Gasteiger partial charge in [0, 0.05) is 29.6 Å². The van der Waals surface area contributed by atoms with Gasteiger partial charge in [0.1, 0.15) is 5.82 Å². The molecular formula is C26H32N6O. The van der Waals surface area contributed by atoms with Crippen molar-refractivity contribution in [2.24, 2.45) is 4.99 Å². The van der Waals surface area contributed by atoms with Crippen molar-refractivity contribution in [3.05, 3.63) is 88.9 Å². The number of hydrogen-bond donors (Lipinski definition) is 4. The van der Waals surface area contributed by atoms with E-state index in [9.17, 15) is 4.79 Å². The van der Waals surface area contributed by atoms with Crippen molar-refractivity contribution in [3.8, 4) is 0 Å². The third-order valence-electron chi connectivity index (χ3n) is 5.82. The van der Waals surface area contributed by atoms with Gasteiger partial charge in [-0.2, -0.15) is 0 Å². The number of anilines is 1. The lowest BCUT2D eigenvalue weighted by Gasteiger charge is -2.30. The molecule has 2 aromatic rings. The van der Waals surface area contributed by atoms with Crippen molar-refractivity contribution >= 4 is 17.9 Å². The van der Waals surface area contributed by atoms with Crippen LogP contribution < -0.4 is 21.3 Å². The SMILES string of the molecule is CN(C)CCCNC(=O)c1cccc(NC2=C3C(Cc4ccccc4)=CNC3(C)N=CN2)c1. The zero-order chi connectivity index (χ0) is 23.3. The molecule has 0 bridgehead atoms.